The van der Waals surface area contributed by atoms with E-state index in [0.29, 0.717) is 5.75 Å². The van der Waals surface area contributed by atoms with Crippen molar-refractivity contribution in [3.8, 4) is 5.75 Å². The Morgan fingerprint density at radius 3 is 2.14 bits per heavy atom. The summed E-state index contributed by atoms with van der Waals surface area (Å²) in [5.74, 6) is 0.308. The lowest BCUT2D eigenvalue weighted by molar-refractivity contribution is 0.475. The van der Waals surface area contributed by atoms with Crippen molar-refractivity contribution in [3.05, 3.63) is 36.4 Å². The molecule has 1 nitrogen and oxygen atoms in total. The largest absolute Gasteiger partial charge is 0.508 e. The Balaban J connectivity index is 0.000000791. The molecule has 0 aliphatic carbocycles. The maximum absolute atomic E-state index is 9.04. The van der Waals surface area contributed by atoms with Crippen LogP contribution in [0.3, 0.4) is 0 Å². The van der Waals surface area contributed by atoms with Gasteiger partial charge in [-0.25, -0.2) is 0 Å². The van der Waals surface area contributed by atoms with E-state index in [-0.39, 0.29) is 0 Å². The van der Waals surface area contributed by atoms with Crippen LogP contribution in [0.25, 0.3) is 5.57 Å². The van der Waals surface area contributed by atoms with Crippen molar-refractivity contribution in [1.82, 2.24) is 0 Å². The molecule has 0 radical (unpaired) electrons. The Labute approximate surface area is 87.1 Å². The summed E-state index contributed by atoms with van der Waals surface area (Å²) >= 11 is 0. The number of allylic oxidation sites excluding steroid dienone is 1. The second kappa shape index (κ2) is 7.19. The summed E-state index contributed by atoms with van der Waals surface area (Å²) in [4.78, 5) is 0. The highest BCUT2D eigenvalue weighted by Crippen LogP contribution is 2.19. The van der Waals surface area contributed by atoms with Crippen LogP contribution < -0.4 is 0 Å². The summed E-state index contributed by atoms with van der Waals surface area (Å²) in [6.07, 6.45) is 2.13. The summed E-state index contributed by atoms with van der Waals surface area (Å²) in [5, 5.41) is 9.04. The van der Waals surface area contributed by atoms with Gasteiger partial charge in [-0.1, -0.05) is 45.9 Å². The topological polar surface area (TPSA) is 20.2 Å². The van der Waals surface area contributed by atoms with Gasteiger partial charge in [0.2, 0.25) is 0 Å². The van der Waals surface area contributed by atoms with E-state index in [1.807, 2.05) is 26.0 Å². The second-order valence-corrected chi connectivity index (χ2v) is 2.90. The Kier molecular flexibility index (Phi) is 6.55. The maximum atomic E-state index is 9.04. The Hall–Kier alpha value is -1.24. The normalized spacial score (nSPS) is 8.79. The molecule has 0 aromatic heterocycles. The van der Waals surface area contributed by atoms with Gasteiger partial charge < -0.3 is 5.11 Å². The van der Waals surface area contributed by atoms with E-state index in [1.165, 1.54) is 0 Å². The van der Waals surface area contributed by atoms with Crippen LogP contribution in [0.2, 0.25) is 0 Å². The summed E-state index contributed by atoms with van der Waals surface area (Å²) in [7, 11) is 0. The van der Waals surface area contributed by atoms with Gasteiger partial charge in [0.1, 0.15) is 5.75 Å². The molecule has 1 aromatic carbocycles. The van der Waals surface area contributed by atoms with Crippen LogP contribution in [0, 0.1) is 0 Å². The predicted octanol–water partition coefficient (Wildman–Crippen LogP) is 4.23. The quantitative estimate of drug-likeness (QED) is 0.759. The van der Waals surface area contributed by atoms with Gasteiger partial charge in [0.15, 0.2) is 0 Å². The molecule has 1 rings (SSSR count). The molecule has 0 saturated carbocycles. The molecule has 1 aromatic rings. The van der Waals surface area contributed by atoms with E-state index in [9.17, 15) is 0 Å². The standard InChI is InChI=1S/C11H14O.C2H6/c1-3-4-9(2)10-5-7-11(12)8-6-10;1-2/h5-8,12H,2-4H2,1H3;1-2H3. The molecule has 1 N–H and O–H groups in total. The van der Waals surface area contributed by atoms with Crippen molar-refractivity contribution in [2.24, 2.45) is 0 Å². The van der Waals surface area contributed by atoms with Crippen molar-refractivity contribution in [2.75, 3.05) is 0 Å². The molecule has 1 heteroatoms. The van der Waals surface area contributed by atoms with E-state index in [2.05, 4.69) is 13.5 Å². The summed E-state index contributed by atoms with van der Waals surface area (Å²) < 4.78 is 0. The van der Waals surface area contributed by atoms with E-state index in [1.54, 1.807) is 12.1 Å². The molecule has 0 unspecified atom stereocenters. The van der Waals surface area contributed by atoms with Crippen molar-refractivity contribution in [3.63, 3.8) is 0 Å². The zero-order valence-corrected chi connectivity index (χ0v) is 9.38. The summed E-state index contributed by atoms with van der Waals surface area (Å²) in [6, 6.07) is 7.17. The number of phenolic OH excluding ortho intramolecular Hbond substituents is 1. The van der Waals surface area contributed by atoms with E-state index < -0.39 is 0 Å². The number of phenols is 1. The molecular formula is C13H20O. The van der Waals surface area contributed by atoms with Gasteiger partial charge in [-0.3, -0.25) is 0 Å². The first-order valence-electron chi connectivity index (χ1n) is 5.21. The van der Waals surface area contributed by atoms with Gasteiger partial charge in [-0.15, -0.1) is 0 Å². The molecule has 0 fully saturated rings. The molecule has 78 valence electrons. The number of hydrogen-bond donors (Lipinski definition) is 1. The minimum Gasteiger partial charge on any atom is -0.508 e. The SMILES string of the molecule is C=C(CCC)c1ccc(O)cc1.CC. The third-order valence-electron chi connectivity index (χ3n) is 1.83. The average molecular weight is 192 g/mol. The number of hydrogen-bond acceptors (Lipinski definition) is 1. The zero-order chi connectivity index (χ0) is 11.0. The van der Waals surface area contributed by atoms with Gasteiger partial charge in [0, 0.05) is 0 Å². The van der Waals surface area contributed by atoms with Crippen molar-refractivity contribution >= 4 is 5.57 Å². The van der Waals surface area contributed by atoms with Crippen LogP contribution >= 0.6 is 0 Å². The fourth-order valence-corrected chi connectivity index (χ4v) is 1.14. The maximum Gasteiger partial charge on any atom is 0.115 e. The first kappa shape index (κ1) is 12.8. The molecule has 0 saturated heterocycles. The van der Waals surface area contributed by atoms with E-state index in [4.69, 9.17) is 5.11 Å². The highest BCUT2D eigenvalue weighted by Gasteiger charge is 1.96. The highest BCUT2D eigenvalue weighted by molar-refractivity contribution is 5.63. The zero-order valence-electron chi connectivity index (χ0n) is 9.38. The average Bonchev–Trinajstić information content (AvgIpc) is 2.22. The molecule has 0 spiro atoms. The first-order valence-corrected chi connectivity index (χ1v) is 5.21. The monoisotopic (exact) mass is 192 g/mol. The number of aromatic hydroxyl groups is 1. The highest BCUT2D eigenvalue weighted by atomic mass is 16.3. The van der Waals surface area contributed by atoms with E-state index >= 15 is 0 Å². The van der Waals surface area contributed by atoms with Crippen LogP contribution in [-0.4, -0.2) is 5.11 Å². The molecule has 0 heterocycles. The molecular weight excluding hydrogens is 172 g/mol. The molecule has 0 aliphatic rings. The van der Waals surface area contributed by atoms with Crippen LogP contribution in [0.1, 0.15) is 39.2 Å². The fourth-order valence-electron chi connectivity index (χ4n) is 1.14. The van der Waals surface area contributed by atoms with Crippen LogP contribution in [0.5, 0.6) is 5.75 Å². The summed E-state index contributed by atoms with van der Waals surface area (Å²) in [6.45, 7) is 10.1. The molecule has 0 aliphatic heterocycles. The molecule has 0 amide bonds. The Bertz CT molecular complexity index is 259. The van der Waals surface area contributed by atoms with Crippen LogP contribution in [-0.2, 0) is 0 Å². The lowest BCUT2D eigenvalue weighted by Gasteiger charge is -2.03. The van der Waals surface area contributed by atoms with Gasteiger partial charge in [0.25, 0.3) is 0 Å². The van der Waals surface area contributed by atoms with Crippen LogP contribution in [0.4, 0.5) is 0 Å². The third kappa shape index (κ3) is 4.13. The van der Waals surface area contributed by atoms with Crippen LogP contribution in [0.15, 0.2) is 30.8 Å². The van der Waals surface area contributed by atoms with Gasteiger partial charge >= 0.3 is 0 Å². The number of rotatable bonds is 3. The second-order valence-electron chi connectivity index (χ2n) is 2.90. The Morgan fingerprint density at radius 2 is 1.71 bits per heavy atom. The Morgan fingerprint density at radius 1 is 1.21 bits per heavy atom. The van der Waals surface area contributed by atoms with Crippen molar-refractivity contribution < 1.29 is 5.11 Å². The van der Waals surface area contributed by atoms with E-state index in [0.717, 1.165) is 24.0 Å². The smallest absolute Gasteiger partial charge is 0.115 e. The predicted molar refractivity (Wildman–Crippen MR) is 63.4 cm³/mol. The molecule has 14 heavy (non-hydrogen) atoms. The fraction of sp³-hybridized carbons (Fsp3) is 0.385. The number of benzene rings is 1. The van der Waals surface area contributed by atoms with Gasteiger partial charge in [-0.2, -0.15) is 0 Å². The van der Waals surface area contributed by atoms with Gasteiger partial charge in [0.05, 0.1) is 0 Å². The van der Waals surface area contributed by atoms with Crippen molar-refractivity contribution in [1.29, 1.82) is 0 Å². The summed E-state index contributed by atoms with van der Waals surface area (Å²) in [5.41, 5.74) is 2.26. The molecule has 0 atom stereocenters. The lowest BCUT2D eigenvalue weighted by atomic mass is 10.0. The minimum atomic E-state index is 0.308. The van der Waals surface area contributed by atoms with Gasteiger partial charge in [-0.05, 0) is 29.7 Å². The third-order valence-corrected chi connectivity index (χ3v) is 1.83. The first-order chi connectivity index (χ1) is 6.74. The molecule has 0 bridgehead atoms. The lowest BCUT2D eigenvalue weighted by Crippen LogP contribution is -1.80. The van der Waals surface area contributed by atoms with Crippen molar-refractivity contribution in [2.45, 2.75) is 33.6 Å². The minimum absolute atomic E-state index is 0.308.